The van der Waals surface area contributed by atoms with Crippen LogP contribution in [0.5, 0.6) is 0 Å². The van der Waals surface area contributed by atoms with Crippen LogP contribution in [0.25, 0.3) is 0 Å². The molecule has 1 aliphatic heterocycles. The Labute approximate surface area is 149 Å². The van der Waals surface area contributed by atoms with Crippen LogP contribution in [0.15, 0.2) is 35.7 Å². The van der Waals surface area contributed by atoms with Gasteiger partial charge in [0.1, 0.15) is 0 Å². The Hall–Kier alpha value is -2.67. The molecule has 1 aromatic carbocycles. The normalized spacial score (nSPS) is 12.9. The number of benzene rings is 1. The Balaban J connectivity index is 1.45. The van der Waals surface area contributed by atoms with Gasteiger partial charge in [-0.3, -0.25) is 9.59 Å². The highest BCUT2D eigenvalue weighted by molar-refractivity contribution is 7.09. The van der Waals surface area contributed by atoms with Crippen molar-refractivity contribution in [3.05, 3.63) is 51.7 Å². The van der Waals surface area contributed by atoms with E-state index in [9.17, 15) is 14.4 Å². The van der Waals surface area contributed by atoms with Crippen molar-refractivity contribution in [2.75, 3.05) is 18.5 Å². The van der Waals surface area contributed by atoms with Gasteiger partial charge in [0, 0.05) is 23.5 Å². The SMILES string of the molecule is O=C(COC(=O)c1ccc2c(c1)CCC(=O)N2)NCCc1cccs1. The van der Waals surface area contributed by atoms with E-state index in [-0.39, 0.29) is 18.4 Å². The van der Waals surface area contributed by atoms with Crippen molar-refractivity contribution >= 4 is 34.8 Å². The summed E-state index contributed by atoms with van der Waals surface area (Å²) >= 11 is 1.64. The Morgan fingerprint density at radius 3 is 2.92 bits per heavy atom. The Morgan fingerprint density at radius 2 is 2.12 bits per heavy atom. The maximum Gasteiger partial charge on any atom is 0.338 e. The van der Waals surface area contributed by atoms with E-state index < -0.39 is 5.97 Å². The summed E-state index contributed by atoms with van der Waals surface area (Å²) < 4.78 is 5.05. The number of ether oxygens (including phenoxy) is 1. The number of aryl methyl sites for hydroxylation is 1. The van der Waals surface area contributed by atoms with E-state index in [4.69, 9.17) is 4.74 Å². The molecular weight excluding hydrogens is 340 g/mol. The molecule has 0 saturated heterocycles. The van der Waals surface area contributed by atoms with Gasteiger partial charge >= 0.3 is 5.97 Å². The third-order valence-electron chi connectivity index (χ3n) is 3.84. The average Bonchev–Trinajstić information content (AvgIpc) is 3.12. The van der Waals surface area contributed by atoms with E-state index in [2.05, 4.69) is 10.6 Å². The lowest BCUT2D eigenvalue weighted by Gasteiger charge is -2.17. The van der Waals surface area contributed by atoms with E-state index in [1.807, 2.05) is 17.5 Å². The van der Waals surface area contributed by atoms with E-state index >= 15 is 0 Å². The lowest BCUT2D eigenvalue weighted by Crippen LogP contribution is -2.30. The third-order valence-corrected chi connectivity index (χ3v) is 4.78. The zero-order valence-electron chi connectivity index (χ0n) is 13.5. The summed E-state index contributed by atoms with van der Waals surface area (Å²) in [6, 6.07) is 8.94. The fourth-order valence-corrected chi connectivity index (χ4v) is 3.26. The summed E-state index contributed by atoms with van der Waals surface area (Å²) in [5.74, 6) is -0.898. The van der Waals surface area contributed by atoms with Crippen LogP contribution in [0.4, 0.5) is 5.69 Å². The highest BCUT2D eigenvalue weighted by Gasteiger charge is 2.17. The summed E-state index contributed by atoms with van der Waals surface area (Å²) in [7, 11) is 0. The van der Waals surface area contributed by atoms with Gasteiger partial charge in [-0.1, -0.05) is 6.07 Å². The number of esters is 1. The minimum atomic E-state index is -0.548. The van der Waals surface area contributed by atoms with Crippen LogP contribution in [-0.4, -0.2) is 30.9 Å². The van der Waals surface area contributed by atoms with Gasteiger partial charge in [-0.05, 0) is 48.1 Å². The molecule has 0 radical (unpaired) electrons. The molecule has 6 nitrogen and oxygen atoms in total. The van der Waals surface area contributed by atoms with Crippen LogP contribution in [0.1, 0.15) is 27.2 Å². The average molecular weight is 358 g/mol. The van der Waals surface area contributed by atoms with Crippen LogP contribution in [-0.2, 0) is 27.2 Å². The number of fused-ring (bicyclic) bond motifs is 1. The molecule has 7 heteroatoms. The topological polar surface area (TPSA) is 84.5 Å². The van der Waals surface area contributed by atoms with Crippen LogP contribution in [0, 0.1) is 0 Å². The molecule has 0 aliphatic carbocycles. The van der Waals surface area contributed by atoms with Crippen molar-refractivity contribution in [2.45, 2.75) is 19.3 Å². The summed E-state index contributed by atoms with van der Waals surface area (Å²) in [6.45, 7) is 0.201. The van der Waals surface area contributed by atoms with Gasteiger partial charge < -0.3 is 15.4 Å². The molecule has 0 fully saturated rings. The maximum absolute atomic E-state index is 12.1. The van der Waals surface area contributed by atoms with E-state index in [1.54, 1.807) is 29.5 Å². The number of carbonyl (C=O) groups is 3. The molecule has 0 spiro atoms. The number of hydrogen-bond acceptors (Lipinski definition) is 5. The molecule has 3 rings (SSSR count). The van der Waals surface area contributed by atoms with Gasteiger partial charge in [-0.25, -0.2) is 4.79 Å². The first kappa shape index (κ1) is 17.2. The zero-order chi connectivity index (χ0) is 17.6. The smallest absolute Gasteiger partial charge is 0.338 e. The number of hydrogen-bond donors (Lipinski definition) is 2. The van der Waals surface area contributed by atoms with Gasteiger partial charge in [-0.15, -0.1) is 11.3 Å². The predicted octanol–water partition coefficient (Wildman–Crippen LogP) is 2.15. The number of rotatable bonds is 6. The molecule has 0 saturated carbocycles. The summed E-state index contributed by atoms with van der Waals surface area (Å²) in [5, 5.41) is 7.47. The van der Waals surface area contributed by atoms with Crippen molar-refractivity contribution in [3.63, 3.8) is 0 Å². The minimum absolute atomic E-state index is 0.0259. The molecule has 2 aromatic rings. The first-order valence-electron chi connectivity index (χ1n) is 8.01. The van der Waals surface area contributed by atoms with Crippen LogP contribution < -0.4 is 10.6 Å². The van der Waals surface area contributed by atoms with Crippen LogP contribution in [0.3, 0.4) is 0 Å². The molecule has 2 N–H and O–H groups in total. The van der Waals surface area contributed by atoms with Gasteiger partial charge in [0.15, 0.2) is 6.61 Å². The number of carbonyl (C=O) groups excluding carboxylic acids is 3. The second-order valence-electron chi connectivity index (χ2n) is 5.68. The first-order valence-corrected chi connectivity index (χ1v) is 8.89. The minimum Gasteiger partial charge on any atom is -0.452 e. The number of thiophene rings is 1. The van der Waals surface area contributed by atoms with E-state index in [0.29, 0.717) is 24.9 Å². The maximum atomic E-state index is 12.1. The molecule has 0 atom stereocenters. The van der Waals surface area contributed by atoms with Crippen molar-refractivity contribution in [2.24, 2.45) is 0 Å². The standard InChI is InChI=1S/C18H18N2O4S/c21-16-6-4-12-10-13(3-5-15(12)20-16)18(23)24-11-17(22)19-8-7-14-2-1-9-25-14/h1-3,5,9-10H,4,6-8,11H2,(H,19,22)(H,20,21). The molecule has 0 unspecified atom stereocenters. The van der Waals surface area contributed by atoms with Crippen molar-refractivity contribution in [3.8, 4) is 0 Å². The van der Waals surface area contributed by atoms with E-state index in [0.717, 1.165) is 17.7 Å². The summed E-state index contributed by atoms with van der Waals surface area (Å²) in [6.07, 6.45) is 1.75. The second kappa shape index (κ2) is 7.94. The highest BCUT2D eigenvalue weighted by Crippen LogP contribution is 2.23. The van der Waals surface area contributed by atoms with Crippen molar-refractivity contribution in [1.82, 2.24) is 5.32 Å². The quantitative estimate of drug-likeness (QED) is 0.775. The molecule has 1 aromatic heterocycles. The molecular formula is C18H18N2O4S. The van der Waals surface area contributed by atoms with E-state index in [1.165, 1.54) is 4.88 Å². The lowest BCUT2D eigenvalue weighted by molar-refractivity contribution is -0.124. The van der Waals surface area contributed by atoms with Gasteiger partial charge in [-0.2, -0.15) is 0 Å². The Kier molecular flexibility index (Phi) is 5.45. The summed E-state index contributed by atoms with van der Waals surface area (Å²) in [5.41, 5.74) is 2.00. The Bertz CT molecular complexity index is 786. The fraction of sp³-hybridized carbons (Fsp3) is 0.278. The first-order chi connectivity index (χ1) is 12.1. The monoisotopic (exact) mass is 358 g/mol. The van der Waals surface area contributed by atoms with Gasteiger partial charge in [0.05, 0.1) is 5.56 Å². The third kappa shape index (κ3) is 4.67. The van der Waals surface area contributed by atoms with Gasteiger partial charge in [0.2, 0.25) is 5.91 Å². The Morgan fingerprint density at radius 1 is 1.24 bits per heavy atom. The summed E-state index contributed by atoms with van der Waals surface area (Å²) in [4.78, 5) is 36.3. The number of amides is 2. The van der Waals surface area contributed by atoms with Crippen molar-refractivity contribution in [1.29, 1.82) is 0 Å². The predicted molar refractivity (Wildman–Crippen MR) is 94.7 cm³/mol. The van der Waals surface area contributed by atoms with Gasteiger partial charge in [0.25, 0.3) is 5.91 Å². The largest absolute Gasteiger partial charge is 0.452 e. The van der Waals surface area contributed by atoms with Crippen LogP contribution >= 0.6 is 11.3 Å². The lowest BCUT2D eigenvalue weighted by atomic mass is 10.0. The highest BCUT2D eigenvalue weighted by atomic mass is 32.1. The fourth-order valence-electron chi connectivity index (χ4n) is 2.56. The molecule has 25 heavy (non-hydrogen) atoms. The zero-order valence-corrected chi connectivity index (χ0v) is 14.4. The van der Waals surface area contributed by atoms with Crippen LogP contribution in [0.2, 0.25) is 0 Å². The number of anilines is 1. The van der Waals surface area contributed by atoms with Crippen molar-refractivity contribution < 1.29 is 19.1 Å². The molecule has 2 heterocycles. The molecule has 2 amide bonds. The molecule has 130 valence electrons. The molecule has 1 aliphatic rings. The number of nitrogens with one attached hydrogen (secondary N) is 2. The molecule has 0 bridgehead atoms. The second-order valence-corrected chi connectivity index (χ2v) is 6.71.